The Bertz CT molecular complexity index is 1260. The average molecular weight is 642 g/mol. The van der Waals surface area contributed by atoms with Crippen molar-refractivity contribution in [2.75, 3.05) is 83.4 Å². The van der Waals surface area contributed by atoms with Crippen LogP contribution in [-0.2, 0) is 0 Å². The number of allylic oxidation sites excluding steroid dienone is 1. The lowest BCUT2D eigenvalue weighted by Gasteiger charge is -2.46. The number of nitrogens with zero attached hydrogens (tertiary/aromatic N) is 4. The minimum absolute atomic E-state index is 0. The van der Waals surface area contributed by atoms with Crippen LogP contribution in [0.15, 0.2) is 54.1 Å². The number of carbonyl (C=O) groups is 1. The van der Waals surface area contributed by atoms with E-state index in [0.29, 0.717) is 11.0 Å². The predicted molar refractivity (Wildman–Crippen MR) is 185 cm³/mol. The fourth-order valence-electron chi connectivity index (χ4n) is 7.87. The number of hydrogen-bond acceptors (Lipinski definition) is 6. The van der Waals surface area contributed by atoms with Crippen LogP contribution in [0.5, 0.6) is 0 Å². The van der Waals surface area contributed by atoms with Crippen molar-refractivity contribution >= 4 is 41.2 Å². The number of piperazine rings is 2. The van der Waals surface area contributed by atoms with Crippen LogP contribution >= 0.6 is 24.0 Å². The molecule has 0 bridgehead atoms. The molecule has 3 N–H and O–H groups in total. The molecule has 1 atom stereocenters. The monoisotopic (exact) mass is 640 g/mol. The van der Waals surface area contributed by atoms with Crippen molar-refractivity contribution in [1.82, 2.24) is 20.0 Å². The summed E-state index contributed by atoms with van der Waals surface area (Å²) in [6.07, 6.45) is 6.13. The second-order valence-corrected chi connectivity index (χ2v) is 14.0. The number of carbonyl (C=O) groups excluding carboxylic acids is 1. The van der Waals surface area contributed by atoms with Gasteiger partial charge in [0.05, 0.1) is 0 Å². The molecule has 2 aromatic rings. The molecular weight excluding hydrogens is 591 g/mol. The first-order valence-corrected chi connectivity index (χ1v) is 16.7. The first kappa shape index (κ1) is 33.2. The highest BCUT2D eigenvalue weighted by molar-refractivity contribution is 6.30. The second-order valence-electron chi connectivity index (χ2n) is 13.5. The lowest BCUT2D eigenvalue weighted by atomic mass is 9.71. The number of nitrogens with two attached hydrogens (primary N) is 1. The van der Waals surface area contributed by atoms with Crippen LogP contribution < -0.4 is 16.0 Å². The SMILES string of the molecule is C[C@@]1(CN2CCN(C3CCNCC3)CC2)CCC(c2ccc(Cl)cc2)=C(CN2CCN(c3ccc(C(N)=O)cc3)CC2)C1.Cl. The van der Waals surface area contributed by atoms with Gasteiger partial charge in [0, 0.05) is 87.8 Å². The molecule has 3 fully saturated rings. The van der Waals surface area contributed by atoms with Gasteiger partial charge in [-0.3, -0.25) is 14.6 Å². The number of amides is 1. The Kier molecular flexibility index (Phi) is 11.3. The van der Waals surface area contributed by atoms with Crippen LogP contribution in [0.1, 0.15) is 54.9 Å². The van der Waals surface area contributed by atoms with E-state index in [4.69, 9.17) is 17.3 Å². The average Bonchev–Trinajstić information content (AvgIpc) is 3.03. The van der Waals surface area contributed by atoms with Gasteiger partial charge in [0.25, 0.3) is 0 Å². The molecule has 0 aromatic heterocycles. The number of hydrogen-bond donors (Lipinski definition) is 2. The van der Waals surface area contributed by atoms with Gasteiger partial charge in [0.2, 0.25) is 5.91 Å². The lowest BCUT2D eigenvalue weighted by Crippen LogP contribution is -2.54. The van der Waals surface area contributed by atoms with Crippen molar-refractivity contribution in [3.63, 3.8) is 0 Å². The molecule has 3 aliphatic heterocycles. The van der Waals surface area contributed by atoms with Crippen LogP contribution in [0.2, 0.25) is 5.02 Å². The molecule has 240 valence electrons. The van der Waals surface area contributed by atoms with Crippen molar-refractivity contribution in [1.29, 1.82) is 0 Å². The number of anilines is 1. The zero-order valence-electron chi connectivity index (χ0n) is 26.3. The highest BCUT2D eigenvalue weighted by atomic mass is 35.5. The molecule has 44 heavy (non-hydrogen) atoms. The first-order valence-electron chi connectivity index (χ1n) is 16.4. The topological polar surface area (TPSA) is 68.1 Å². The van der Waals surface area contributed by atoms with E-state index in [2.05, 4.69) is 44.0 Å². The summed E-state index contributed by atoms with van der Waals surface area (Å²) >= 11 is 6.28. The molecule has 3 saturated heterocycles. The van der Waals surface area contributed by atoms with Crippen molar-refractivity contribution in [3.8, 4) is 0 Å². The minimum atomic E-state index is -0.375. The Morgan fingerprint density at radius 1 is 0.909 bits per heavy atom. The molecule has 7 nitrogen and oxygen atoms in total. The van der Waals surface area contributed by atoms with Gasteiger partial charge in [-0.25, -0.2) is 0 Å². The van der Waals surface area contributed by atoms with E-state index >= 15 is 0 Å². The van der Waals surface area contributed by atoms with Gasteiger partial charge < -0.3 is 20.9 Å². The Hall–Kier alpha value is -2.13. The van der Waals surface area contributed by atoms with Gasteiger partial charge in [-0.1, -0.05) is 36.2 Å². The summed E-state index contributed by atoms with van der Waals surface area (Å²) in [5.74, 6) is -0.375. The summed E-state index contributed by atoms with van der Waals surface area (Å²) in [6.45, 7) is 16.0. The van der Waals surface area contributed by atoms with Crippen LogP contribution in [-0.4, -0.2) is 105 Å². The molecule has 9 heteroatoms. The minimum Gasteiger partial charge on any atom is -0.369 e. The maximum atomic E-state index is 11.5. The Morgan fingerprint density at radius 2 is 1.55 bits per heavy atom. The molecule has 2 aromatic carbocycles. The van der Waals surface area contributed by atoms with E-state index in [9.17, 15) is 4.79 Å². The standard InChI is InChI=1S/C35H49ClN6O.ClH/c1-35(26-40-18-22-42(23-19-40)32-11-14-38-15-12-32)13-10-33(27-2-6-30(36)7-3-27)29(24-35)25-39-16-20-41(21-17-39)31-8-4-28(5-9-31)34(37)43;/h2-9,32,38H,10-26H2,1H3,(H2,37,43);1H/t35-;/m1./s1. The second kappa shape index (κ2) is 15.0. The molecular formula is C35H50Cl2N6O. The van der Waals surface area contributed by atoms with Gasteiger partial charge >= 0.3 is 0 Å². The maximum Gasteiger partial charge on any atom is 0.248 e. The highest BCUT2D eigenvalue weighted by Crippen LogP contribution is 2.44. The molecule has 1 aliphatic carbocycles. The largest absolute Gasteiger partial charge is 0.369 e. The van der Waals surface area contributed by atoms with E-state index < -0.39 is 0 Å². The van der Waals surface area contributed by atoms with E-state index in [-0.39, 0.29) is 18.3 Å². The Balaban J connectivity index is 0.00000384. The third-order valence-electron chi connectivity index (χ3n) is 10.4. The summed E-state index contributed by atoms with van der Waals surface area (Å²) in [4.78, 5) is 22.1. The Labute approximate surface area is 275 Å². The fourth-order valence-corrected chi connectivity index (χ4v) is 7.99. The van der Waals surface area contributed by atoms with Crippen molar-refractivity contribution in [2.45, 2.75) is 45.1 Å². The third kappa shape index (κ3) is 8.17. The zero-order valence-corrected chi connectivity index (χ0v) is 27.9. The number of piperidine rings is 1. The lowest BCUT2D eigenvalue weighted by molar-refractivity contribution is 0.0546. The van der Waals surface area contributed by atoms with E-state index in [1.54, 1.807) is 5.57 Å². The van der Waals surface area contributed by atoms with E-state index in [1.807, 2.05) is 36.4 Å². The van der Waals surface area contributed by atoms with Crippen LogP contribution in [0, 0.1) is 5.41 Å². The van der Waals surface area contributed by atoms with Gasteiger partial charge in [-0.15, -0.1) is 12.4 Å². The predicted octanol–water partition coefficient (Wildman–Crippen LogP) is 5.00. The van der Waals surface area contributed by atoms with Gasteiger partial charge in [-0.2, -0.15) is 0 Å². The smallest absolute Gasteiger partial charge is 0.248 e. The van der Waals surface area contributed by atoms with Crippen LogP contribution in [0.25, 0.3) is 5.57 Å². The van der Waals surface area contributed by atoms with Gasteiger partial charge in [0.15, 0.2) is 0 Å². The van der Waals surface area contributed by atoms with Crippen LogP contribution in [0.3, 0.4) is 0 Å². The van der Waals surface area contributed by atoms with E-state index in [1.165, 1.54) is 76.2 Å². The molecule has 6 rings (SSSR count). The normalized spacial score (nSPS) is 24.7. The summed E-state index contributed by atoms with van der Waals surface area (Å²) < 4.78 is 0. The fraction of sp³-hybridized carbons (Fsp3) is 0.571. The van der Waals surface area contributed by atoms with Crippen LogP contribution in [0.4, 0.5) is 5.69 Å². The maximum absolute atomic E-state index is 11.5. The number of halogens is 2. The summed E-state index contributed by atoms with van der Waals surface area (Å²) in [5, 5.41) is 4.32. The van der Waals surface area contributed by atoms with E-state index in [0.717, 1.165) is 62.3 Å². The summed E-state index contributed by atoms with van der Waals surface area (Å²) in [6, 6.07) is 17.0. The molecule has 0 radical (unpaired) electrons. The molecule has 4 aliphatic rings. The van der Waals surface area contributed by atoms with Gasteiger partial charge in [0.1, 0.15) is 0 Å². The number of benzene rings is 2. The number of nitrogens with one attached hydrogen (secondary N) is 1. The molecule has 0 saturated carbocycles. The van der Waals surface area contributed by atoms with Gasteiger partial charge in [-0.05, 0) is 98.1 Å². The molecule has 0 spiro atoms. The highest BCUT2D eigenvalue weighted by Gasteiger charge is 2.36. The first-order chi connectivity index (χ1) is 20.8. The Morgan fingerprint density at radius 3 is 2.18 bits per heavy atom. The molecule has 1 amide bonds. The quantitative estimate of drug-likeness (QED) is 0.424. The zero-order chi connectivity index (χ0) is 29.8. The number of rotatable bonds is 8. The number of primary amides is 1. The van der Waals surface area contributed by atoms with Crippen molar-refractivity contribution in [3.05, 3.63) is 70.3 Å². The van der Waals surface area contributed by atoms with Crippen molar-refractivity contribution < 1.29 is 4.79 Å². The third-order valence-corrected chi connectivity index (χ3v) is 10.6. The van der Waals surface area contributed by atoms with Crippen molar-refractivity contribution in [2.24, 2.45) is 11.1 Å². The molecule has 0 unspecified atom stereocenters. The summed E-state index contributed by atoms with van der Waals surface area (Å²) in [5.41, 5.74) is 12.0. The molecule has 3 heterocycles. The summed E-state index contributed by atoms with van der Waals surface area (Å²) in [7, 11) is 0.